The van der Waals surface area contributed by atoms with Crippen molar-refractivity contribution >= 4 is 11.5 Å². The van der Waals surface area contributed by atoms with E-state index in [1.165, 1.54) is 4.68 Å². The first-order chi connectivity index (χ1) is 10.1. The van der Waals surface area contributed by atoms with Crippen molar-refractivity contribution in [3.63, 3.8) is 0 Å². The zero-order chi connectivity index (χ0) is 15.8. The third kappa shape index (κ3) is 4.16. The molecule has 0 fully saturated rings. The molecule has 0 aliphatic heterocycles. The number of rotatable bonds is 9. The Hall–Kier alpha value is -2.14. The van der Waals surface area contributed by atoms with Crippen LogP contribution in [0.5, 0.6) is 0 Å². The Balaban J connectivity index is 3.21. The summed E-state index contributed by atoms with van der Waals surface area (Å²) in [7, 11) is 3.26. The fourth-order valence-corrected chi connectivity index (χ4v) is 2.21. The van der Waals surface area contributed by atoms with E-state index >= 15 is 0 Å². The van der Waals surface area contributed by atoms with Gasteiger partial charge in [0.2, 0.25) is 5.82 Å². The highest BCUT2D eigenvalue weighted by Gasteiger charge is 2.29. The molecule has 1 heterocycles. The molecule has 1 aromatic rings. The second-order valence-electron chi connectivity index (χ2n) is 4.64. The zero-order valence-corrected chi connectivity index (χ0v) is 12.7. The summed E-state index contributed by atoms with van der Waals surface area (Å²) in [6.45, 7) is 3.27. The minimum absolute atomic E-state index is 0.0355. The number of nitrogens with zero attached hydrogens (tertiary/aromatic N) is 5. The van der Waals surface area contributed by atoms with Gasteiger partial charge in [-0.1, -0.05) is 13.3 Å². The zero-order valence-electron chi connectivity index (χ0n) is 12.7. The second-order valence-corrected chi connectivity index (χ2v) is 4.64. The molecular weight excluding hydrogens is 274 g/mol. The Kier molecular flexibility index (Phi) is 6.62. The van der Waals surface area contributed by atoms with Gasteiger partial charge >= 0.3 is 5.69 Å². The van der Waals surface area contributed by atoms with Crippen LogP contribution in [0.1, 0.15) is 25.5 Å². The highest BCUT2D eigenvalue weighted by molar-refractivity contribution is 5.61. The fraction of sp³-hybridized carbons (Fsp3) is 0.692. The summed E-state index contributed by atoms with van der Waals surface area (Å²) in [5.74, 6) is 0.441. The number of nitriles is 1. The largest absolute Gasteiger partial charge is 0.383 e. The van der Waals surface area contributed by atoms with Crippen molar-refractivity contribution in [1.29, 1.82) is 5.26 Å². The lowest BCUT2D eigenvalue weighted by atomic mass is 10.2. The molecule has 1 aromatic heterocycles. The molecule has 0 unspecified atom stereocenters. The van der Waals surface area contributed by atoms with Gasteiger partial charge in [-0.25, -0.2) is 4.68 Å². The van der Waals surface area contributed by atoms with E-state index in [9.17, 15) is 10.1 Å². The van der Waals surface area contributed by atoms with E-state index in [2.05, 4.69) is 11.2 Å². The molecule has 8 heteroatoms. The number of aromatic nitrogens is 2. The molecule has 0 saturated carbocycles. The van der Waals surface area contributed by atoms with Crippen molar-refractivity contribution in [3.8, 4) is 6.07 Å². The van der Waals surface area contributed by atoms with Crippen LogP contribution in [0.25, 0.3) is 0 Å². The number of ether oxygens (including phenoxy) is 1. The number of hydrogen-bond donors (Lipinski definition) is 0. The molecule has 21 heavy (non-hydrogen) atoms. The van der Waals surface area contributed by atoms with Crippen LogP contribution in [0.15, 0.2) is 0 Å². The van der Waals surface area contributed by atoms with E-state index in [0.717, 1.165) is 6.42 Å². The minimum Gasteiger partial charge on any atom is -0.383 e. The standard InChI is InChI=1S/C13H21N5O3/c1-4-6-11-12(18(19)20)13(16(2)15-11)17(8-5-7-14)9-10-21-3/h4-6,8-10H2,1-3H3. The third-order valence-corrected chi connectivity index (χ3v) is 3.09. The quantitative estimate of drug-likeness (QED) is 0.507. The van der Waals surface area contributed by atoms with Gasteiger partial charge in [0.25, 0.3) is 0 Å². The van der Waals surface area contributed by atoms with Gasteiger partial charge in [-0.15, -0.1) is 0 Å². The maximum atomic E-state index is 11.4. The van der Waals surface area contributed by atoms with Gasteiger partial charge in [-0.05, 0) is 6.42 Å². The van der Waals surface area contributed by atoms with Crippen molar-refractivity contribution in [3.05, 3.63) is 15.8 Å². The molecule has 0 amide bonds. The molecule has 0 aromatic carbocycles. The Morgan fingerprint density at radius 1 is 1.52 bits per heavy atom. The summed E-state index contributed by atoms with van der Waals surface area (Å²) in [6.07, 6.45) is 1.63. The SMILES string of the molecule is CCCc1nn(C)c(N(CCC#N)CCOC)c1[N+](=O)[O-]. The first kappa shape index (κ1) is 16.9. The normalized spacial score (nSPS) is 10.4. The molecule has 0 radical (unpaired) electrons. The van der Waals surface area contributed by atoms with Gasteiger partial charge < -0.3 is 9.64 Å². The average molecular weight is 295 g/mol. The summed E-state index contributed by atoms with van der Waals surface area (Å²) in [4.78, 5) is 12.8. The van der Waals surface area contributed by atoms with Crippen LogP contribution < -0.4 is 4.90 Å². The highest BCUT2D eigenvalue weighted by atomic mass is 16.6. The van der Waals surface area contributed by atoms with Crippen molar-refractivity contribution in [2.24, 2.45) is 7.05 Å². The topological polar surface area (TPSA) is 97.2 Å². The Morgan fingerprint density at radius 3 is 2.76 bits per heavy atom. The first-order valence-corrected chi connectivity index (χ1v) is 6.87. The van der Waals surface area contributed by atoms with Crippen molar-refractivity contribution in [1.82, 2.24) is 9.78 Å². The summed E-state index contributed by atoms with van der Waals surface area (Å²) in [5.41, 5.74) is 0.521. The molecular formula is C13H21N5O3. The summed E-state index contributed by atoms with van der Waals surface area (Å²) < 4.78 is 6.57. The highest BCUT2D eigenvalue weighted by Crippen LogP contribution is 2.32. The molecule has 0 aliphatic carbocycles. The van der Waals surface area contributed by atoms with Crippen LogP contribution >= 0.6 is 0 Å². The predicted octanol–water partition coefficient (Wildman–Crippen LogP) is 1.65. The molecule has 0 N–H and O–H groups in total. The molecule has 0 bridgehead atoms. The maximum absolute atomic E-state index is 11.4. The van der Waals surface area contributed by atoms with Gasteiger partial charge in [0.1, 0.15) is 5.69 Å². The Bertz CT molecular complexity index is 521. The number of nitro groups is 1. The molecule has 8 nitrogen and oxygen atoms in total. The lowest BCUT2D eigenvalue weighted by molar-refractivity contribution is -0.384. The van der Waals surface area contributed by atoms with Crippen LogP contribution in [0.2, 0.25) is 0 Å². The summed E-state index contributed by atoms with van der Waals surface area (Å²) in [6, 6.07) is 2.06. The molecule has 0 spiro atoms. The lowest BCUT2D eigenvalue weighted by Crippen LogP contribution is -2.30. The fourth-order valence-electron chi connectivity index (χ4n) is 2.21. The van der Waals surface area contributed by atoms with Gasteiger partial charge in [0.05, 0.1) is 24.0 Å². The Labute approximate surface area is 124 Å². The van der Waals surface area contributed by atoms with Crippen LogP contribution in [0.3, 0.4) is 0 Å². The number of hydrogen-bond acceptors (Lipinski definition) is 6. The predicted molar refractivity (Wildman–Crippen MR) is 78.2 cm³/mol. The van der Waals surface area contributed by atoms with Crippen molar-refractivity contribution in [2.45, 2.75) is 26.2 Å². The van der Waals surface area contributed by atoms with Crippen molar-refractivity contribution in [2.75, 3.05) is 31.7 Å². The monoisotopic (exact) mass is 295 g/mol. The average Bonchev–Trinajstić information content (AvgIpc) is 2.76. The third-order valence-electron chi connectivity index (χ3n) is 3.09. The number of aryl methyl sites for hydroxylation is 2. The molecule has 0 atom stereocenters. The summed E-state index contributed by atoms with van der Waals surface area (Å²) in [5, 5.41) is 24.4. The molecule has 116 valence electrons. The van der Waals surface area contributed by atoms with E-state index in [0.29, 0.717) is 37.6 Å². The van der Waals surface area contributed by atoms with Crippen LogP contribution in [-0.2, 0) is 18.2 Å². The van der Waals surface area contributed by atoms with E-state index in [4.69, 9.17) is 10.00 Å². The van der Waals surface area contributed by atoms with E-state index in [-0.39, 0.29) is 17.0 Å². The smallest absolute Gasteiger partial charge is 0.334 e. The van der Waals surface area contributed by atoms with Gasteiger partial charge in [0, 0.05) is 27.2 Å². The van der Waals surface area contributed by atoms with Crippen LogP contribution in [0.4, 0.5) is 11.5 Å². The molecule has 1 rings (SSSR count). The lowest BCUT2D eigenvalue weighted by Gasteiger charge is -2.22. The molecule has 0 aliphatic rings. The van der Waals surface area contributed by atoms with Crippen molar-refractivity contribution < 1.29 is 9.66 Å². The number of methoxy groups -OCH3 is 1. The van der Waals surface area contributed by atoms with Gasteiger partial charge in [-0.3, -0.25) is 10.1 Å². The Morgan fingerprint density at radius 2 is 2.24 bits per heavy atom. The minimum atomic E-state index is -0.389. The molecule has 0 saturated heterocycles. The second kappa shape index (κ2) is 8.21. The number of anilines is 1. The van der Waals surface area contributed by atoms with E-state index in [1.54, 1.807) is 19.1 Å². The van der Waals surface area contributed by atoms with Gasteiger partial charge in [0.15, 0.2) is 0 Å². The maximum Gasteiger partial charge on any atom is 0.334 e. The van der Waals surface area contributed by atoms with Crippen LogP contribution in [0, 0.1) is 21.4 Å². The first-order valence-electron chi connectivity index (χ1n) is 6.87. The summed E-state index contributed by atoms with van der Waals surface area (Å²) >= 11 is 0. The van der Waals surface area contributed by atoms with E-state index < -0.39 is 0 Å². The van der Waals surface area contributed by atoms with Crippen LogP contribution in [-0.4, -0.2) is 41.5 Å². The van der Waals surface area contributed by atoms with Gasteiger partial charge in [-0.2, -0.15) is 10.4 Å². The van der Waals surface area contributed by atoms with E-state index in [1.807, 2.05) is 6.92 Å².